The van der Waals surface area contributed by atoms with Crippen LogP contribution < -0.4 is 15.6 Å². The van der Waals surface area contributed by atoms with Crippen molar-refractivity contribution in [2.24, 2.45) is 5.92 Å². The van der Waals surface area contributed by atoms with Crippen molar-refractivity contribution in [3.8, 4) is 5.75 Å². The number of pyridine rings is 1. The van der Waals surface area contributed by atoms with Crippen LogP contribution in [0.1, 0.15) is 106 Å². The Kier molecular flexibility index (Phi) is 10.1. The maximum Gasteiger partial charge on any atom is 0.263 e. The quantitative estimate of drug-likeness (QED) is 0.170. The summed E-state index contributed by atoms with van der Waals surface area (Å²) in [6, 6.07) is 6.59. The normalized spacial score (nSPS) is 18.8. The maximum absolute atomic E-state index is 13.5. The van der Waals surface area contributed by atoms with Crippen molar-refractivity contribution in [2.45, 2.75) is 104 Å². The first-order chi connectivity index (χ1) is 21.1. The first kappa shape index (κ1) is 31.8. The monoisotopic (exact) mass is 601 g/mol. The van der Waals surface area contributed by atoms with Crippen LogP contribution in [0, 0.1) is 19.8 Å². The van der Waals surface area contributed by atoms with Gasteiger partial charge in [0.2, 0.25) is 5.95 Å². The molecular weight excluding hydrogens is 554 g/mol. The number of Topliss-reactive ketones (excluding diaryl/α,β-unsaturated/α-hetero) is 2. The van der Waals surface area contributed by atoms with Crippen LogP contribution in [-0.4, -0.2) is 56.7 Å². The fourth-order valence-corrected chi connectivity index (χ4v) is 7.37. The minimum Gasteiger partial charge on any atom is -0.493 e. The average Bonchev–Trinajstić information content (AvgIpc) is 3.65. The zero-order valence-corrected chi connectivity index (χ0v) is 26.9. The number of aryl methyl sites for hydroxylation is 2. The number of ketones is 2. The molecule has 2 fully saturated rings. The summed E-state index contributed by atoms with van der Waals surface area (Å²) in [5.41, 5.74) is 3.04. The highest BCUT2D eigenvalue weighted by molar-refractivity contribution is 5.99. The number of aromatic nitrogens is 3. The second-order valence-electron chi connectivity index (χ2n) is 12.8. The van der Waals surface area contributed by atoms with Crippen LogP contribution >= 0.6 is 0 Å². The molecule has 0 saturated heterocycles. The number of ether oxygens (including phenoxy) is 1. The Hall–Kier alpha value is -3.59. The fourth-order valence-electron chi connectivity index (χ4n) is 7.37. The lowest BCUT2D eigenvalue weighted by atomic mass is 10.0. The Bertz CT molecular complexity index is 1580. The van der Waals surface area contributed by atoms with Gasteiger partial charge in [0.1, 0.15) is 17.2 Å². The molecule has 9 heteroatoms. The highest BCUT2D eigenvalue weighted by atomic mass is 16.5. The van der Waals surface area contributed by atoms with E-state index in [2.05, 4.69) is 22.1 Å². The van der Waals surface area contributed by atoms with E-state index in [1.54, 1.807) is 24.6 Å². The van der Waals surface area contributed by atoms with Gasteiger partial charge in [-0.25, -0.2) is 4.98 Å². The highest BCUT2D eigenvalue weighted by Gasteiger charge is 2.29. The van der Waals surface area contributed by atoms with E-state index in [4.69, 9.17) is 9.72 Å². The van der Waals surface area contributed by atoms with E-state index in [0.717, 1.165) is 80.4 Å². The molecule has 3 aromatic rings. The lowest BCUT2D eigenvalue weighted by molar-refractivity contribution is -0.117. The molecule has 1 aromatic carbocycles. The minimum atomic E-state index is -0.254. The molecule has 2 heterocycles. The molecule has 2 unspecified atom stereocenters. The first-order valence-corrected chi connectivity index (χ1v) is 16.3. The molecule has 1 N–H and O–H groups in total. The molecule has 0 amide bonds. The van der Waals surface area contributed by atoms with Crippen LogP contribution in [-0.2, 0) is 4.79 Å². The van der Waals surface area contributed by atoms with Crippen LogP contribution in [0.2, 0.25) is 0 Å². The van der Waals surface area contributed by atoms with Gasteiger partial charge >= 0.3 is 0 Å². The molecular formula is C35H47N5O4. The first-order valence-electron chi connectivity index (χ1n) is 16.3. The van der Waals surface area contributed by atoms with E-state index in [9.17, 15) is 14.4 Å². The molecule has 0 aliphatic heterocycles. The standard InChI is InChI=1S/C35H47N5O4/c1-6-39(29-13-12-26(19-29)18-23(3)41)14-9-15-44-30-17-22(2)16-27(20-30)37-35-36-21-31-24(4)32(25(5)42)34(43)40(33(31)38-35)28-10-7-8-11-28/h16-17,20-21,26,28-29H,6-15,18-19H2,1-5H3,(H,36,37,38). The predicted molar refractivity (Wildman–Crippen MR) is 174 cm³/mol. The SMILES string of the molecule is CCN(CCCOc1cc(C)cc(Nc2ncc3c(C)c(C(C)=O)c(=O)n(C4CCCC4)c3n2)c1)C1CCC(CC(C)=O)C1. The molecule has 2 aromatic heterocycles. The number of benzene rings is 1. The second-order valence-corrected chi connectivity index (χ2v) is 12.8. The molecule has 0 bridgehead atoms. The molecule has 2 atom stereocenters. The van der Waals surface area contributed by atoms with E-state index >= 15 is 0 Å². The van der Waals surface area contributed by atoms with Gasteiger partial charge in [-0.2, -0.15) is 4.98 Å². The Labute approximate surface area is 260 Å². The van der Waals surface area contributed by atoms with Crippen LogP contribution in [0.3, 0.4) is 0 Å². The summed E-state index contributed by atoms with van der Waals surface area (Å²) in [6.07, 6.45) is 10.7. The smallest absolute Gasteiger partial charge is 0.263 e. The van der Waals surface area contributed by atoms with Gasteiger partial charge in [0.05, 0.1) is 12.2 Å². The van der Waals surface area contributed by atoms with Crippen molar-refractivity contribution >= 4 is 34.2 Å². The lowest BCUT2D eigenvalue weighted by Gasteiger charge is -2.27. The van der Waals surface area contributed by atoms with Crippen LogP contribution in [0.25, 0.3) is 11.0 Å². The van der Waals surface area contributed by atoms with Crippen molar-refractivity contribution in [1.82, 2.24) is 19.4 Å². The second kappa shape index (κ2) is 14.0. The summed E-state index contributed by atoms with van der Waals surface area (Å²) >= 11 is 0. The molecule has 0 spiro atoms. The Morgan fingerprint density at radius 1 is 1.09 bits per heavy atom. The molecule has 2 aliphatic carbocycles. The van der Waals surface area contributed by atoms with Crippen molar-refractivity contribution in [3.63, 3.8) is 0 Å². The number of anilines is 2. The molecule has 5 rings (SSSR count). The third-order valence-electron chi connectivity index (χ3n) is 9.43. The largest absolute Gasteiger partial charge is 0.493 e. The molecule has 236 valence electrons. The molecule has 0 radical (unpaired) electrons. The van der Waals surface area contributed by atoms with Gasteiger partial charge in [0, 0.05) is 48.4 Å². The van der Waals surface area contributed by atoms with Gasteiger partial charge in [0.25, 0.3) is 5.56 Å². The molecule has 2 saturated carbocycles. The topological polar surface area (TPSA) is 106 Å². The van der Waals surface area contributed by atoms with E-state index in [1.807, 2.05) is 25.1 Å². The van der Waals surface area contributed by atoms with Gasteiger partial charge in [0.15, 0.2) is 5.78 Å². The van der Waals surface area contributed by atoms with E-state index in [-0.39, 0.29) is 22.9 Å². The number of hydrogen-bond donors (Lipinski definition) is 1. The number of carbonyl (C=O) groups excluding carboxylic acids is 2. The number of hydrogen-bond acceptors (Lipinski definition) is 8. The van der Waals surface area contributed by atoms with Gasteiger partial charge in [-0.3, -0.25) is 14.2 Å². The summed E-state index contributed by atoms with van der Waals surface area (Å²) in [6.45, 7) is 11.8. The van der Waals surface area contributed by atoms with Gasteiger partial charge in [-0.1, -0.05) is 19.8 Å². The average molecular weight is 602 g/mol. The zero-order chi connectivity index (χ0) is 31.4. The minimum absolute atomic E-state index is 0.0321. The third kappa shape index (κ3) is 7.20. The van der Waals surface area contributed by atoms with Crippen molar-refractivity contribution in [3.05, 3.63) is 51.4 Å². The zero-order valence-electron chi connectivity index (χ0n) is 26.9. The number of rotatable bonds is 13. The van der Waals surface area contributed by atoms with E-state index in [0.29, 0.717) is 47.9 Å². The Morgan fingerprint density at radius 2 is 1.86 bits per heavy atom. The number of nitrogens with zero attached hydrogens (tertiary/aromatic N) is 4. The van der Waals surface area contributed by atoms with E-state index in [1.165, 1.54) is 13.3 Å². The maximum atomic E-state index is 13.5. The van der Waals surface area contributed by atoms with Gasteiger partial charge in [-0.15, -0.1) is 0 Å². The third-order valence-corrected chi connectivity index (χ3v) is 9.43. The van der Waals surface area contributed by atoms with Crippen LogP contribution in [0.5, 0.6) is 5.75 Å². The Balaban J connectivity index is 1.27. The predicted octanol–water partition coefficient (Wildman–Crippen LogP) is 6.71. The lowest BCUT2D eigenvalue weighted by Crippen LogP contribution is -2.35. The van der Waals surface area contributed by atoms with Crippen molar-refractivity contribution in [2.75, 3.05) is 25.0 Å². The number of carbonyl (C=O) groups is 2. The summed E-state index contributed by atoms with van der Waals surface area (Å²) in [5.74, 6) is 1.78. The van der Waals surface area contributed by atoms with Gasteiger partial charge in [-0.05, 0) is 102 Å². The summed E-state index contributed by atoms with van der Waals surface area (Å²) < 4.78 is 7.93. The molecule has 44 heavy (non-hydrogen) atoms. The summed E-state index contributed by atoms with van der Waals surface area (Å²) in [4.78, 5) is 49.4. The fraction of sp³-hybridized carbons (Fsp3) is 0.571. The molecule has 2 aliphatic rings. The van der Waals surface area contributed by atoms with Crippen molar-refractivity contribution < 1.29 is 14.3 Å². The Morgan fingerprint density at radius 3 is 2.57 bits per heavy atom. The number of fused-ring (bicyclic) bond motifs is 1. The van der Waals surface area contributed by atoms with E-state index < -0.39 is 0 Å². The van der Waals surface area contributed by atoms with Gasteiger partial charge < -0.3 is 19.7 Å². The summed E-state index contributed by atoms with van der Waals surface area (Å²) in [7, 11) is 0. The van der Waals surface area contributed by atoms with Crippen LogP contribution in [0.4, 0.5) is 11.6 Å². The highest BCUT2D eigenvalue weighted by Crippen LogP contribution is 2.33. The van der Waals surface area contributed by atoms with Crippen LogP contribution in [0.15, 0.2) is 29.2 Å². The van der Waals surface area contributed by atoms with Crippen molar-refractivity contribution in [1.29, 1.82) is 0 Å². The summed E-state index contributed by atoms with van der Waals surface area (Å²) in [5, 5.41) is 4.06. The molecule has 9 nitrogen and oxygen atoms in total. The number of nitrogens with one attached hydrogen (secondary N) is 1.